The molecule has 0 saturated heterocycles. The van der Waals surface area contributed by atoms with Crippen LogP contribution in [0.2, 0.25) is 5.02 Å². The number of rotatable bonds is 4. The number of H-pyrrole nitrogens is 1. The number of imidazole rings is 1. The van der Waals surface area contributed by atoms with Crippen molar-refractivity contribution >= 4 is 17.4 Å². The van der Waals surface area contributed by atoms with Gasteiger partial charge in [-0.05, 0) is 5.56 Å². The first-order chi connectivity index (χ1) is 9.83. The molecule has 2 aromatic heterocycles. The Kier molecular flexibility index (Phi) is 3.60. The van der Waals surface area contributed by atoms with E-state index in [1.54, 1.807) is 6.20 Å². The van der Waals surface area contributed by atoms with Gasteiger partial charge in [0, 0.05) is 0 Å². The Morgan fingerprint density at radius 3 is 2.75 bits per heavy atom. The lowest BCUT2D eigenvalue weighted by atomic mass is 10.2. The molecule has 0 saturated carbocycles. The minimum atomic E-state index is 0.488. The van der Waals surface area contributed by atoms with Crippen molar-refractivity contribution in [1.82, 2.24) is 19.9 Å². The molecule has 0 bridgehead atoms. The van der Waals surface area contributed by atoms with Gasteiger partial charge in [-0.2, -0.15) is 0 Å². The standard InChI is InChI=1S/C14H12ClN5/c15-11-6-16-9-19-14(11)18-8-13-17-7-12(20-13)10-4-2-1-3-5-10/h1-7,9H,8H2,(H,17,20)(H,16,18,19). The molecule has 5 nitrogen and oxygen atoms in total. The van der Waals surface area contributed by atoms with Crippen molar-refractivity contribution in [3.8, 4) is 11.3 Å². The summed E-state index contributed by atoms with van der Waals surface area (Å²) in [4.78, 5) is 15.5. The number of anilines is 1. The first-order valence-corrected chi connectivity index (χ1v) is 6.49. The van der Waals surface area contributed by atoms with E-state index >= 15 is 0 Å². The maximum Gasteiger partial charge on any atom is 0.148 e. The third kappa shape index (κ3) is 2.78. The summed E-state index contributed by atoms with van der Waals surface area (Å²) in [6.45, 7) is 0.517. The molecule has 2 heterocycles. The fraction of sp³-hybridized carbons (Fsp3) is 0.0714. The fourth-order valence-electron chi connectivity index (χ4n) is 1.83. The molecule has 100 valence electrons. The molecule has 2 N–H and O–H groups in total. The van der Waals surface area contributed by atoms with Gasteiger partial charge in [-0.3, -0.25) is 0 Å². The number of halogens is 1. The van der Waals surface area contributed by atoms with Gasteiger partial charge < -0.3 is 10.3 Å². The molecular weight excluding hydrogens is 274 g/mol. The van der Waals surface area contributed by atoms with Gasteiger partial charge in [0.2, 0.25) is 0 Å². The highest BCUT2D eigenvalue weighted by Crippen LogP contribution is 2.18. The second kappa shape index (κ2) is 5.71. The lowest BCUT2D eigenvalue weighted by molar-refractivity contribution is 0.983. The van der Waals surface area contributed by atoms with Crippen LogP contribution in [0.1, 0.15) is 5.82 Å². The maximum absolute atomic E-state index is 5.97. The van der Waals surface area contributed by atoms with Gasteiger partial charge in [0.25, 0.3) is 0 Å². The highest BCUT2D eigenvalue weighted by atomic mass is 35.5. The SMILES string of the molecule is Clc1cncnc1NCc1ncc(-c2ccccc2)[nH]1. The van der Waals surface area contributed by atoms with Crippen LogP contribution in [0.25, 0.3) is 11.3 Å². The minimum Gasteiger partial charge on any atom is -0.362 e. The molecule has 0 aliphatic heterocycles. The average molecular weight is 286 g/mol. The summed E-state index contributed by atoms with van der Waals surface area (Å²) >= 11 is 5.97. The Labute approximate surface area is 121 Å². The van der Waals surface area contributed by atoms with Crippen LogP contribution in [0.5, 0.6) is 0 Å². The van der Waals surface area contributed by atoms with Crippen LogP contribution >= 0.6 is 11.6 Å². The largest absolute Gasteiger partial charge is 0.362 e. The monoisotopic (exact) mass is 285 g/mol. The van der Waals surface area contributed by atoms with E-state index in [1.165, 1.54) is 6.33 Å². The third-order valence-corrected chi connectivity index (χ3v) is 3.08. The second-order valence-electron chi connectivity index (χ2n) is 4.18. The highest BCUT2D eigenvalue weighted by Gasteiger charge is 2.05. The number of nitrogens with zero attached hydrogens (tertiary/aromatic N) is 3. The van der Waals surface area contributed by atoms with E-state index in [0.29, 0.717) is 17.4 Å². The van der Waals surface area contributed by atoms with Crippen LogP contribution in [0, 0.1) is 0 Å². The van der Waals surface area contributed by atoms with Gasteiger partial charge >= 0.3 is 0 Å². The molecule has 0 aliphatic carbocycles. The van der Waals surface area contributed by atoms with Gasteiger partial charge in [-0.1, -0.05) is 41.9 Å². The highest BCUT2D eigenvalue weighted by molar-refractivity contribution is 6.32. The molecule has 3 rings (SSSR count). The minimum absolute atomic E-state index is 0.488. The van der Waals surface area contributed by atoms with Gasteiger partial charge in [-0.25, -0.2) is 15.0 Å². The summed E-state index contributed by atoms with van der Waals surface area (Å²) in [5.74, 6) is 1.41. The van der Waals surface area contributed by atoms with Crippen molar-refractivity contribution in [2.24, 2.45) is 0 Å². The number of aromatic amines is 1. The van der Waals surface area contributed by atoms with Gasteiger partial charge in [-0.15, -0.1) is 0 Å². The summed E-state index contributed by atoms with van der Waals surface area (Å²) < 4.78 is 0. The Hall–Kier alpha value is -2.40. The molecule has 1 aromatic carbocycles. The zero-order chi connectivity index (χ0) is 13.8. The van der Waals surface area contributed by atoms with Crippen LogP contribution in [-0.2, 0) is 6.54 Å². The predicted octanol–water partition coefficient (Wildman–Crippen LogP) is 3.13. The van der Waals surface area contributed by atoms with Crippen LogP contribution < -0.4 is 5.32 Å². The third-order valence-electron chi connectivity index (χ3n) is 2.80. The molecule has 0 aliphatic rings. The molecule has 0 amide bonds. The topological polar surface area (TPSA) is 66.5 Å². The molecule has 0 spiro atoms. The lowest BCUT2D eigenvalue weighted by Crippen LogP contribution is -2.03. The normalized spacial score (nSPS) is 10.4. The Morgan fingerprint density at radius 1 is 1.10 bits per heavy atom. The van der Waals surface area contributed by atoms with Gasteiger partial charge in [0.05, 0.1) is 24.6 Å². The predicted molar refractivity (Wildman–Crippen MR) is 78.4 cm³/mol. The van der Waals surface area contributed by atoms with Crippen LogP contribution in [0.4, 0.5) is 5.82 Å². The van der Waals surface area contributed by atoms with E-state index in [9.17, 15) is 0 Å². The first-order valence-electron chi connectivity index (χ1n) is 6.11. The number of nitrogens with one attached hydrogen (secondary N) is 2. The van der Waals surface area contributed by atoms with E-state index in [1.807, 2.05) is 36.5 Å². The van der Waals surface area contributed by atoms with E-state index < -0.39 is 0 Å². The average Bonchev–Trinajstić information content (AvgIpc) is 2.96. The molecule has 20 heavy (non-hydrogen) atoms. The number of benzene rings is 1. The van der Waals surface area contributed by atoms with Crippen molar-refractivity contribution in [3.05, 3.63) is 59.9 Å². The van der Waals surface area contributed by atoms with Crippen molar-refractivity contribution in [2.45, 2.75) is 6.54 Å². The van der Waals surface area contributed by atoms with Crippen molar-refractivity contribution in [2.75, 3.05) is 5.32 Å². The molecule has 6 heteroatoms. The quantitative estimate of drug-likeness (QED) is 0.773. The van der Waals surface area contributed by atoms with Crippen LogP contribution in [0.3, 0.4) is 0 Å². The Bertz CT molecular complexity index is 696. The van der Waals surface area contributed by atoms with E-state index in [2.05, 4.69) is 25.3 Å². The molecule has 0 atom stereocenters. The van der Waals surface area contributed by atoms with Gasteiger partial charge in [0.1, 0.15) is 23.0 Å². The van der Waals surface area contributed by atoms with Crippen molar-refractivity contribution in [3.63, 3.8) is 0 Å². The lowest BCUT2D eigenvalue weighted by Gasteiger charge is -2.04. The number of hydrogen-bond donors (Lipinski definition) is 2. The molecule has 0 radical (unpaired) electrons. The second-order valence-corrected chi connectivity index (χ2v) is 4.59. The molecule has 0 fully saturated rings. The first kappa shape index (κ1) is 12.6. The van der Waals surface area contributed by atoms with Gasteiger partial charge in [0.15, 0.2) is 0 Å². The zero-order valence-electron chi connectivity index (χ0n) is 10.5. The van der Waals surface area contributed by atoms with E-state index in [0.717, 1.165) is 17.1 Å². The summed E-state index contributed by atoms with van der Waals surface area (Å²) in [5.41, 5.74) is 2.09. The molecular formula is C14H12ClN5. The molecule has 3 aromatic rings. The van der Waals surface area contributed by atoms with Crippen molar-refractivity contribution in [1.29, 1.82) is 0 Å². The fourth-order valence-corrected chi connectivity index (χ4v) is 2.00. The zero-order valence-corrected chi connectivity index (χ0v) is 11.3. The number of hydrogen-bond acceptors (Lipinski definition) is 4. The summed E-state index contributed by atoms with van der Waals surface area (Å²) in [5, 5.41) is 3.61. The van der Waals surface area contributed by atoms with E-state index in [4.69, 9.17) is 11.6 Å². The summed E-state index contributed by atoms with van der Waals surface area (Å²) in [6.07, 6.45) is 4.81. The Balaban J connectivity index is 1.71. The Morgan fingerprint density at radius 2 is 1.95 bits per heavy atom. The molecule has 0 unspecified atom stereocenters. The summed E-state index contributed by atoms with van der Waals surface area (Å²) in [6, 6.07) is 10.0. The van der Waals surface area contributed by atoms with E-state index in [-0.39, 0.29) is 0 Å². The van der Waals surface area contributed by atoms with Crippen LogP contribution in [0.15, 0.2) is 49.1 Å². The van der Waals surface area contributed by atoms with Crippen LogP contribution in [-0.4, -0.2) is 19.9 Å². The number of aromatic nitrogens is 4. The smallest absolute Gasteiger partial charge is 0.148 e. The summed E-state index contributed by atoms with van der Waals surface area (Å²) in [7, 11) is 0. The van der Waals surface area contributed by atoms with Crippen molar-refractivity contribution < 1.29 is 0 Å². The maximum atomic E-state index is 5.97.